The summed E-state index contributed by atoms with van der Waals surface area (Å²) in [6.07, 6.45) is 1.95. The van der Waals surface area contributed by atoms with Gasteiger partial charge in [-0.25, -0.2) is 0 Å². The lowest BCUT2D eigenvalue weighted by Crippen LogP contribution is -2.25. The molecule has 0 heterocycles. The smallest absolute Gasteiger partial charge is 0.262 e. The Morgan fingerprint density at radius 1 is 0.897 bits per heavy atom. The van der Waals surface area contributed by atoms with Crippen LogP contribution in [0.3, 0.4) is 0 Å². The van der Waals surface area contributed by atoms with E-state index in [1.807, 2.05) is 60.9 Å². The van der Waals surface area contributed by atoms with Crippen LogP contribution in [0.25, 0.3) is 0 Å². The third-order valence-corrected chi connectivity index (χ3v) is 4.96. The van der Waals surface area contributed by atoms with E-state index in [1.165, 1.54) is 0 Å². The van der Waals surface area contributed by atoms with Crippen molar-refractivity contribution in [3.63, 3.8) is 0 Å². The van der Waals surface area contributed by atoms with E-state index in [0.29, 0.717) is 17.9 Å². The highest BCUT2D eigenvalue weighted by atomic mass is 32.2. The first kappa shape index (κ1) is 20.5. The zero-order valence-corrected chi connectivity index (χ0v) is 16.9. The Morgan fingerprint density at radius 3 is 2.38 bits per heavy atom. The summed E-state index contributed by atoms with van der Waals surface area (Å²) in [5, 5.41) is 5.72. The van der Waals surface area contributed by atoms with E-state index in [4.69, 9.17) is 4.74 Å². The van der Waals surface area contributed by atoms with Crippen LogP contribution in [0.1, 0.15) is 15.9 Å². The lowest BCUT2D eigenvalue weighted by molar-refractivity contribution is -0.118. The Kier molecular flexibility index (Phi) is 7.30. The zero-order chi connectivity index (χ0) is 20.5. The number of hydrogen-bond donors (Lipinski definition) is 2. The van der Waals surface area contributed by atoms with Crippen LogP contribution >= 0.6 is 11.8 Å². The minimum atomic E-state index is -0.286. The van der Waals surface area contributed by atoms with Crippen LogP contribution in [0.2, 0.25) is 0 Å². The molecule has 0 spiro atoms. The molecule has 0 saturated carbocycles. The molecule has 0 aliphatic heterocycles. The number of para-hydroxylation sites is 2. The summed E-state index contributed by atoms with van der Waals surface area (Å²) in [4.78, 5) is 25.8. The molecule has 2 amide bonds. The molecular weight excluding hydrogens is 384 g/mol. The maximum absolute atomic E-state index is 12.6. The summed E-state index contributed by atoms with van der Waals surface area (Å²) in [6, 6.07) is 24.1. The molecule has 0 aliphatic rings. The van der Waals surface area contributed by atoms with Crippen molar-refractivity contribution in [1.29, 1.82) is 0 Å². The van der Waals surface area contributed by atoms with Crippen molar-refractivity contribution in [2.75, 3.05) is 18.2 Å². The largest absolute Gasteiger partial charge is 0.483 e. The van der Waals surface area contributed by atoms with Gasteiger partial charge in [-0.15, -0.1) is 11.8 Å². The minimum Gasteiger partial charge on any atom is -0.483 e. The fourth-order valence-electron chi connectivity index (χ4n) is 2.73. The zero-order valence-electron chi connectivity index (χ0n) is 16.1. The summed E-state index contributed by atoms with van der Waals surface area (Å²) in [7, 11) is 0. The van der Waals surface area contributed by atoms with Gasteiger partial charge in [0.1, 0.15) is 5.75 Å². The molecule has 148 valence electrons. The molecule has 5 nitrogen and oxygen atoms in total. The van der Waals surface area contributed by atoms with Gasteiger partial charge in [0.25, 0.3) is 11.8 Å². The first-order valence-corrected chi connectivity index (χ1v) is 10.4. The van der Waals surface area contributed by atoms with Gasteiger partial charge in [0, 0.05) is 11.4 Å². The van der Waals surface area contributed by atoms with Crippen LogP contribution in [-0.4, -0.2) is 24.7 Å². The van der Waals surface area contributed by atoms with Crippen molar-refractivity contribution in [3.8, 4) is 5.75 Å². The second-order valence-electron chi connectivity index (χ2n) is 6.20. The average Bonchev–Trinajstić information content (AvgIpc) is 2.77. The van der Waals surface area contributed by atoms with Crippen molar-refractivity contribution < 1.29 is 14.3 Å². The van der Waals surface area contributed by atoms with Crippen molar-refractivity contribution in [3.05, 3.63) is 90.0 Å². The summed E-state index contributed by atoms with van der Waals surface area (Å²) < 4.78 is 5.64. The second-order valence-corrected chi connectivity index (χ2v) is 7.05. The van der Waals surface area contributed by atoms with E-state index in [1.54, 1.807) is 36.0 Å². The Labute approximate surface area is 174 Å². The van der Waals surface area contributed by atoms with Gasteiger partial charge in [-0.1, -0.05) is 54.6 Å². The van der Waals surface area contributed by atoms with Crippen LogP contribution in [-0.2, 0) is 11.3 Å². The highest BCUT2D eigenvalue weighted by Crippen LogP contribution is 2.24. The molecule has 3 rings (SSSR count). The number of rotatable bonds is 8. The normalized spacial score (nSPS) is 10.2. The predicted molar refractivity (Wildman–Crippen MR) is 116 cm³/mol. The fraction of sp³-hybridized carbons (Fsp3) is 0.130. The third-order valence-electron chi connectivity index (χ3n) is 4.17. The number of ether oxygens (including phenoxy) is 1. The van der Waals surface area contributed by atoms with Crippen molar-refractivity contribution in [2.24, 2.45) is 0 Å². The molecule has 0 unspecified atom stereocenters. The van der Waals surface area contributed by atoms with Gasteiger partial charge in [-0.05, 0) is 36.1 Å². The maximum atomic E-state index is 12.6. The van der Waals surface area contributed by atoms with Gasteiger partial charge >= 0.3 is 0 Å². The fourth-order valence-corrected chi connectivity index (χ4v) is 3.28. The highest BCUT2D eigenvalue weighted by Gasteiger charge is 2.14. The standard InChI is InChI=1S/C23H22N2O3S/c1-29-21-14-8-6-12-19(21)25-22(26)16-28-20-13-7-5-11-18(20)23(27)24-15-17-9-3-2-4-10-17/h2-14H,15-16H2,1H3,(H,24,27)(H,25,26). The molecular formula is C23H22N2O3S. The minimum absolute atomic E-state index is 0.189. The molecule has 0 aliphatic carbocycles. The Morgan fingerprint density at radius 2 is 1.59 bits per heavy atom. The van der Waals surface area contributed by atoms with Gasteiger partial charge in [-0.2, -0.15) is 0 Å². The number of benzene rings is 3. The van der Waals surface area contributed by atoms with Crippen LogP contribution in [0.5, 0.6) is 5.75 Å². The molecule has 0 fully saturated rings. The second kappa shape index (κ2) is 10.3. The van der Waals surface area contributed by atoms with Gasteiger partial charge in [-0.3, -0.25) is 9.59 Å². The summed E-state index contributed by atoms with van der Waals surface area (Å²) >= 11 is 1.55. The monoisotopic (exact) mass is 406 g/mol. The molecule has 0 atom stereocenters. The maximum Gasteiger partial charge on any atom is 0.262 e. The number of nitrogens with one attached hydrogen (secondary N) is 2. The van der Waals surface area contributed by atoms with Crippen LogP contribution in [0, 0.1) is 0 Å². The van der Waals surface area contributed by atoms with Crippen LogP contribution in [0.4, 0.5) is 5.69 Å². The first-order chi connectivity index (χ1) is 14.2. The van der Waals surface area contributed by atoms with Gasteiger partial charge in [0.15, 0.2) is 6.61 Å². The first-order valence-electron chi connectivity index (χ1n) is 9.14. The number of thioether (sulfide) groups is 1. The lowest BCUT2D eigenvalue weighted by atomic mass is 10.1. The number of hydrogen-bond acceptors (Lipinski definition) is 4. The summed E-state index contributed by atoms with van der Waals surface area (Å²) in [5.41, 5.74) is 2.13. The molecule has 29 heavy (non-hydrogen) atoms. The molecule has 0 bridgehead atoms. The van der Waals surface area contributed by atoms with Gasteiger partial charge in [0.2, 0.25) is 0 Å². The third kappa shape index (κ3) is 5.86. The predicted octanol–water partition coefficient (Wildman–Crippen LogP) is 4.36. The van der Waals surface area contributed by atoms with E-state index in [9.17, 15) is 9.59 Å². The van der Waals surface area contributed by atoms with Gasteiger partial charge < -0.3 is 15.4 Å². The molecule has 6 heteroatoms. The van der Waals surface area contributed by atoms with E-state index in [2.05, 4.69) is 10.6 Å². The highest BCUT2D eigenvalue weighted by molar-refractivity contribution is 7.98. The van der Waals surface area contributed by atoms with Crippen LogP contribution in [0.15, 0.2) is 83.8 Å². The van der Waals surface area contributed by atoms with Crippen LogP contribution < -0.4 is 15.4 Å². The van der Waals surface area contributed by atoms with E-state index in [0.717, 1.165) is 16.1 Å². The molecule has 0 radical (unpaired) electrons. The van der Waals surface area contributed by atoms with Crippen molar-refractivity contribution >= 4 is 29.3 Å². The van der Waals surface area contributed by atoms with Crippen molar-refractivity contribution in [2.45, 2.75) is 11.4 Å². The molecule has 0 aromatic heterocycles. The van der Waals surface area contributed by atoms with Crippen molar-refractivity contribution in [1.82, 2.24) is 5.32 Å². The number of anilines is 1. The summed E-state index contributed by atoms with van der Waals surface area (Å²) in [6.45, 7) is 0.228. The molecule has 2 N–H and O–H groups in total. The topological polar surface area (TPSA) is 67.4 Å². The quantitative estimate of drug-likeness (QED) is 0.546. The average molecular weight is 407 g/mol. The van der Waals surface area contributed by atoms with Gasteiger partial charge in [0.05, 0.1) is 11.3 Å². The Hall–Kier alpha value is -3.25. The molecule has 3 aromatic rings. The molecule has 3 aromatic carbocycles. The Balaban J connectivity index is 1.60. The number of carbonyl (C=O) groups is 2. The molecule has 0 saturated heterocycles. The lowest BCUT2D eigenvalue weighted by Gasteiger charge is -2.13. The SMILES string of the molecule is CSc1ccccc1NC(=O)COc1ccccc1C(=O)NCc1ccccc1. The Bertz CT molecular complexity index is 977. The number of carbonyl (C=O) groups excluding carboxylic acids is 2. The summed E-state index contributed by atoms with van der Waals surface area (Å²) in [5.74, 6) is -0.171. The van der Waals surface area contributed by atoms with E-state index >= 15 is 0 Å². The van der Waals surface area contributed by atoms with E-state index in [-0.39, 0.29) is 18.4 Å². The van der Waals surface area contributed by atoms with E-state index < -0.39 is 0 Å². The number of amides is 2.